The second-order valence-electron chi connectivity index (χ2n) is 14.9. The van der Waals surface area contributed by atoms with Crippen LogP contribution in [0.2, 0.25) is 0 Å². The van der Waals surface area contributed by atoms with Gasteiger partial charge in [0.1, 0.15) is 11.2 Å². The van der Waals surface area contributed by atoms with E-state index < -0.39 is 0 Å². The summed E-state index contributed by atoms with van der Waals surface area (Å²) in [5.74, 6) is 0. The molecule has 0 N–H and O–H groups in total. The maximum Gasteiger partial charge on any atom is 0.136 e. The molecule has 0 atom stereocenters. The van der Waals surface area contributed by atoms with Crippen molar-refractivity contribution in [2.24, 2.45) is 0 Å². The third-order valence-electron chi connectivity index (χ3n) is 11.5. The Hall–Kier alpha value is -7.68. The fraction of sp³-hybridized carbons (Fsp3) is 0. The molecule has 0 aliphatic rings. The van der Waals surface area contributed by atoms with Crippen molar-refractivity contribution < 1.29 is 4.42 Å². The molecule has 0 aliphatic carbocycles. The molecular formula is C56H37NO. The van der Waals surface area contributed by atoms with E-state index in [9.17, 15) is 0 Å². The van der Waals surface area contributed by atoms with Gasteiger partial charge in [0.05, 0.1) is 0 Å². The molecule has 1 heterocycles. The Morgan fingerprint density at radius 2 is 0.724 bits per heavy atom. The Balaban J connectivity index is 0.987. The van der Waals surface area contributed by atoms with Crippen LogP contribution in [0.1, 0.15) is 0 Å². The lowest BCUT2D eigenvalue weighted by atomic mass is 9.93. The number of nitrogens with zero attached hydrogens (tertiary/aromatic N) is 1. The van der Waals surface area contributed by atoms with Crippen LogP contribution in [0.5, 0.6) is 0 Å². The zero-order chi connectivity index (χ0) is 38.4. The first kappa shape index (κ1) is 33.6. The number of rotatable bonds is 7. The van der Waals surface area contributed by atoms with Gasteiger partial charge in [-0.05, 0) is 121 Å². The van der Waals surface area contributed by atoms with Crippen molar-refractivity contribution >= 4 is 60.5 Å². The standard InChI is InChI=1S/C56H37NO/c1-2-11-38(12-3-1)39-21-23-40(24-22-39)41-25-31-45(32-26-41)57(46-33-27-42(28-34-46)49-18-10-20-55-56(49)52-17-8-9-19-54(52)58-55)47-35-29-43(30-36-47)53-37-44-13-4-5-14-48(44)50-15-6-7-16-51(50)53/h1-37H. The number of furan rings is 1. The van der Waals surface area contributed by atoms with Gasteiger partial charge in [0.15, 0.2) is 0 Å². The first-order chi connectivity index (χ1) is 28.7. The van der Waals surface area contributed by atoms with Crippen LogP contribution >= 0.6 is 0 Å². The lowest BCUT2D eigenvalue weighted by Crippen LogP contribution is -2.09. The molecule has 0 radical (unpaired) electrons. The number of benzene rings is 10. The van der Waals surface area contributed by atoms with Gasteiger partial charge >= 0.3 is 0 Å². The van der Waals surface area contributed by atoms with Crippen molar-refractivity contribution in [2.75, 3.05) is 4.90 Å². The van der Waals surface area contributed by atoms with Crippen molar-refractivity contribution in [2.45, 2.75) is 0 Å². The molecule has 11 rings (SSSR count). The van der Waals surface area contributed by atoms with Gasteiger partial charge in [0, 0.05) is 27.8 Å². The summed E-state index contributed by atoms with van der Waals surface area (Å²) in [6, 6.07) is 80.6. The van der Waals surface area contributed by atoms with Crippen LogP contribution in [0.15, 0.2) is 229 Å². The lowest BCUT2D eigenvalue weighted by molar-refractivity contribution is 0.669. The van der Waals surface area contributed by atoms with Crippen LogP contribution in [0, 0.1) is 0 Å². The third-order valence-corrected chi connectivity index (χ3v) is 11.5. The monoisotopic (exact) mass is 739 g/mol. The van der Waals surface area contributed by atoms with E-state index in [2.05, 4.69) is 217 Å². The summed E-state index contributed by atoms with van der Waals surface area (Å²) < 4.78 is 6.24. The van der Waals surface area contributed by atoms with E-state index in [-0.39, 0.29) is 0 Å². The number of para-hydroxylation sites is 1. The topological polar surface area (TPSA) is 16.4 Å². The molecule has 0 amide bonds. The summed E-state index contributed by atoms with van der Waals surface area (Å²) in [6.07, 6.45) is 0. The average molecular weight is 740 g/mol. The molecular weight excluding hydrogens is 703 g/mol. The second kappa shape index (κ2) is 14.1. The minimum absolute atomic E-state index is 0.901. The highest BCUT2D eigenvalue weighted by molar-refractivity contribution is 6.14. The number of fused-ring (bicyclic) bond motifs is 6. The summed E-state index contributed by atoms with van der Waals surface area (Å²) in [7, 11) is 0. The van der Waals surface area contributed by atoms with E-state index in [1.54, 1.807) is 0 Å². The molecule has 0 aliphatic heterocycles. The molecule has 0 saturated carbocycles. The summed E-state index contributed by atoms with van der Waals surface area (Å²) in [6.45, 7) is 0. The zero-order valence-corrected chi connectivity index (χ0v) is 31.7. The minimum Gasteiger partial charge on any atom is -0.456 e. The quantitative estimate of drug-likeness (QED) is 0.151. The third kappa shape index (κ3) is 5.91. The van der Waals surface area contributed by atoms with Gasteiger partial charge < -0.3 is 9.32 Å². The molecule has 0 saturated heterocycles. The highest BCUT2D eigenvalue weighted by Gasteiger charge is 2.17. The van der Waals surface area contributed by atoms with Crippen molar-refractivity contribution in [3.63, 3.8) is 0 Å². The Labute approximate surface area is 337 Å². The fourth-order valence-corrected chi connectivity index (χ4v) is 8.62. The van der Waals surface area contributed by atoms with Crippen molar-refractivity contribution in [1.29, 1.82) is 0 Å². The molecule has 2 nitrogen and oxygen atoms in total. The SMILES string of the molecule is c1ccc(-c2ccc(-c3ccc(N(c4ccc(-c5cc6ccccc6c6ccccc56)cc4)c4ccc(-c5cccc6oc7ccccc7c56)cc4)cc3)cc2)cc1. The van der Waals surface area contributed by atoms with Crippen LogP contribution in [0.4, 0.5) is 17.1 Å². The van der Waals surface area contributed by atoms with E-state index in [4.69, 9.17) is 4.42 Å². The van der Waals surface area contributed by atoms with Crippen molar-refractivity contribution in [1.82, 2.24) is 0 Å². The molecule has 0 bridgehead atoms. The van der Waals surface area contributed by atoms with Gasteiger partial charge in [0.25, 0.3) is 0 Å². The summed E-state index contributed by atoms with van der Waals surface area (Å²) in [5, 5.41) is 7.33. The maximum atomic E-state index is 6.24. The molecule has 2 heteroatoms. The molecule has 10 aromatic carbocycles. The lowest BCUT2D eigenvalue weighted by Gasteiger charge is -2.26. The number of anilines is 3. The van der Waals surface area contributed by atoms with E-state index in [0.717, 1.165) is 50.1 Å². The van der Waals surface area contributed by atoms with Crippen LogP contribution in [0.25, 0.3) is 88.0 Å². The van der Waals surface area contributed by atoms with Crippen LogP contribution in [-0.4, -0.2) is 0 Å². The normalized spacial score (nSPS) is 11.4. The Morgan fingerprint density at radius 3 is 1.36 bits per heavy atom. The largest absolute Gasteiger partial charge is 0.456 e. The number of hydrogen-bond donors (Lipinski definition) is 0. The van der Waals surface area contributed by atoms with Crippen molar-refractivity contribution in [3.8, 4) is 44.5 Å². The Kier molecular flexibility index (Phi) is 8.19. The Morgan fingerprint density at radius 1 is 0.276 bits per heavy atom. The van der Waals surface area contributed by atoms with E-state index >= 15 is 0 Å². The van der Waals surface area contributed by atoms with Crippen molar-refractivity contribution in [3.05, 3.63) is 224 Å². The highest BCUT2D eigenvalue weighted by Crippen LogP contribution is 2.41. The van der Waals surface area contributed by atoms with Gasteiger partial charge in [-0.2, -0.15) is 0 Å². The summed E-state index contributed by atoms with van der Waals surface area (Å²) in [4.78, 5) is 2.35. The molecule has 0 unspecified atom stereocenters. The Bertz CT molecular complexity index is 3230. The van der Waals surface area contributed by atoms with Gasteiger partial charge in [0.2, 0.25) is 0 Å². The molecule has 11 aromatic rings. The predicted octanol–water partition coefficient (Wildman–Crippen LogP) is 16.0. The summed E-state index contributed by atoms with van der Waals surface area (Å²) in [5.41, 5.74) is 14.6. The van der Waals surface area contributed by atoms with E-state index in [1.807, 2.05) is 12.1 Å². The van der Waals surface area contributed by atoms with Crippen LogP contribution < -0.4 is 4.90 Å². The average Bonchev–Trinajstić information content (AvgIpc) is 3.69. The predicted molar refractivity (Wildman–Crippen MR) is 245 cm³/mol. The maximum absolute atomic E-state index is 6.24. The summed E-state index contributed by atoms with van der Waals surface area (Å²) >= 11 is 0. The van der Waals surface area contributed by atoms with Crippen LogP contribution in [0.3, 0.4) is 0 Å². The zero-order valence-electron chi connectivity index (χ0n) is 31.7. The minimum atomic E-state index is 0.901. The molecule has 0 spiro atoms. The second-order valence-corrected chi connectivity index (χ2v) is 14.9. The molecule has 272 valence electrons. The molecule has 58 heavy (non-hydrogen) atoms. The number of hydrogen-bond acceptors (Lipinski definition) is 2. The highest BCUT2D eigenvalue weighted by atomic mass is 16.3. The van der Waals surface area contributed by atoms with E-state index in [0.29, 0.717) is 0 Å². The van der Waals surface area contributed by atoms with Gasteiger partial charge in [-0.15, -0.1) is 0 Å². The fourth-order valence-electron chi connectivity index (χ4n) is 8.62. The van der Waals surface area contributed by atoms with E-state index in [1.165, 1.54) is 54.9 Å². The van der Waals surface area contributed by atoms with Gasteiger partial charge in [-0.25, -0.2) is 0 Å². The first-order valence-corrected chi connectivity index (χ1v) is 19.8. The molecule has 1 aromatic heterocycles. The van der Waals surface area contributed by atoms with Gasteiger partial charge in [-0.1, -0.05) is 170 Å². The molecule has 0 fully saturated rings. The van der Waals surface area contributed by atoms with Crippen LogP contribution in [-0.2, 0) is 0 Å². The smallest absolute Gasteiger partial charge is 0.136 e. The first-order valence-electron chi connectivity index (χ1n) is 19.8. The van der Waals surface area contributed by atoms with Gasteiger partial charge in [-0.3, -0.25) is 0 Å².